The van der Waals surface area contributed by atoms with E-state index in [0.717, 1.165) is 65.1 Å². The fraction of sp³-hybridized carbons (Fsp3) is 0.250. The summed E-state index contributed by atoms with van der Waals surface area (Å²) in [7, 11) is 0. The molecule has 1 aromatic carbocycles. The molecule has 0 atom stereocenters. The maximum absolute atomic E-state index is 9.47. The van der Waals surface area contributed by atoms with Crippen LogP contribution in [0.5, 0.6) is 0 Å². The van der Waals surface area contributed by atoms with Gasteiger partial charge in [-0.05, 0) is 74.8 Å². The lowest BCUT2D eigenvalue weighted by Crippen LogP contribution is -2.19. The van der Waals surface area contributed by atoms with Crippen molar-refractivity contribution in [2.75, 3.05) is 18.4 Å². The lowest BCUT2D eigenvalue weighted by molar-refractivity contribution is 0.332. The van der Waals surface area contributed by atoms with Gasteiger partial charge in [0.25, 0.3) is 0 Å². The minimum absolute atomic E-state index is 0.478. The van der Waals surface area contributed by atoms with Gasteiger partial charge in [0, 0.05) is 29.7 Å². The molecule has 0 saturated carbocycles. The van der Waals surface area contributed by atoms with Gasteiger partial charge < -0.3 is 10.3 Å². The molecule has 5 heterocycles. The van der Waals surface area contributed by atoms with Crippen LogP contribution >= 0.6 is 0 Å². The van der Waals surface area contributed by atoms with E-state index in [0.29, 0.717) is 12.1 Å². The van der Waals surface area contributed by atoms with Gasteiger partial charge >= 0.3 is 0 Å². The first-order valence-electron chi connectivity index (χ1n) is 12.5. The van der Waals surface area contributed by atoms with Crippen molar-refractivity contribution in [1.29, 1.82) is 5.26 Å². The van der Waals surface area contributed by atoms with Crippen molar-refractivity contribution in [3.05, 3.63) is 83.7 Å². The first kappa shape index (κ1) is 22.9. The Labute approximate surface area is 214 Å². The topological polar surface area (TPSA) is 111 Å². The Hall–Kier alpha value is -4.55. The molecule has 9 heteroatoms. The first-order valence-corrected chi connectivity index (χ1v) is 12.5. The third-order valence-corrected chi connectivity index (χ3v) is 6.72. The van der Waals surface area contributed by atoms with Gasteiger partial charge in [0.05, 0.1) is 35.3 Å². The second-order valence-electron chi connectivity index (χ2n) is 9.37. The minimum Gasteiger partial charge on any atom is -0.378 e. The zero-order valence-electron chi connectivity index (χ0n) is 20.6. The number of nitrogens with one attached hydrogen (secondary N) is 2. The summed E-state index contributed by atoms with van der Waals surface area (Å²) in [4.78, 5) is 19.9. The fourth-order valence-corrected chi connectivity index (χ4v) is 4.85. The highest BCUT2D eigenvalue weighted by molar-refractivity contribution is 5.77. The molecule has 37 heavy (non-hydrogen) atoms. The van der Waals surface area contributed by atoms with Gasteiger partial charge in [-0.25, -0.2) is 14.5 Å². The summed E-state index contributed by atoms with van der Waals surface area (Å²) in [6, 6.07) is 18.0. The Morgan fingerprint density at radius 3 is 2.81 bits per heavy atom. The lowest BCUT2D eigenvalue weighted by atomic mass is 10.1. The number of imidazole rings is 1. The molecular weight excluding hydrogens is 462 g/mol. The van der Waals surface area contributed by atoms with Crippen LogP contribution in [0.15, 0.2) is 61.1 Å². The van der Waals surface area contributed by atoms with Gasteiger partial charge in [-0.3, -0.25) is 9.88 Å². The number of aromatic amines is 1. The Morgan fingerprint density at radius 1 is 1.08 bits per heavy atom. The molecule has 0 spiro atoms. The summed E-state index contributed by atoms with van der Waals surface area (Å²) < 4.78 is 1.74. The highest BCUT2D eigenvalue weighted by Gasteiger charge is 2.18. The maximum atomic E-state index is 9.47. The van der Waals surface area contributed by atoms with Crippen molar-refractivity contribution in [2.24, 2.45) is 0 Å². The molecule has 0 bridgehead atoms. The molecular formula is C28H27N9. The number of nitrogens with zero attached hydrogens (tertiary/aromatic N) is 7. The van der Waals surface area contributed by atoms with Gasteiger partial charge in [0.2, 0.25) is 0 Å². The van der Waals surface area contributed by atoms with Crippen LogP contribution in [0.3, 0.4) is 0 Å². The summed E-state index contributed by atoms with van der Waals surface area (Å²) in [5.74, 6) is 0.779. The Balaban J connectivity index is 1.34. The summed E-state index contributed by atoms with van der Waals surface area (Å²) in [5, 5.41) is 17.3. The van der Waals surface area contributed by atoms with Crippen molar-refractivity contribution in [2.45, 2.75) is 32.9 Å². The van der Waals surface area contributed by atoms with Gasteiger partial charge in [0.1, 0.15) is 12.2 Å². The molecule has 0 unspecified atom stereocenters. The van der Waals surface area contributed by atoms with Crippen LogP contribution < -0.4 is 5.32 Å². The molecule has 0 radical (unpaired) electrons. The number of benzene rings is 1. The molecule has 6 rings (SSSR count). The number of anilines is 1. The Kier molecular flexibility index (Phi) is 6.08. The molecule has 184 valence electrons. The molecule has 4 aromatic heterocycles. The molecule has 1 fully saturated rings. The normalized spacial score (nSPS) is 13.7. The number of H-pyrrole nitrogens is 1. The predicted octanol–water partition coefficient (Wildman–Crippen LogP) is 4.57. The summed E-state index contributed by atoms with van der Waals surface area (Å²) in [6.45, 7) is 5.56. The van der Waals surface area contributed by atoms with Gasteiger partial charge in [-0.2, -0.15) is 10.4 Å². The zero-order chi connectivity index (χ0) is 25.2. The molecule has 1 aliphatic heterocycles. The smallest absolute Gasteiger partial charge is 0.155 e. The van der Waals surface area contributed by atoms with E-state index in [1.54, 1.807) is 4.52 Å². The van der Waals surface area contributed by atoms with E-state index in [4.69, 9.17) is 9.97 Å². The minimum atomic E-state index is 0.478. The van der Waals surface area contributed by atoms with E-state index in [9.17, 15) is 5.26 Å². The first-order chi connectivity index (χ1) is 18.2. The van der Waals surface area contributed by atoms with E-state index in [-0.39, 0.29) is 0 Å². The van der Waals surface area contributed by atoms with Crippen molar-refractivity contribution in [3.63, 3.8) is 0 Å². The molecule has 1 aliphatic rings. The van der Waals surface area contributed by atoms with Crippen LogP contribution in [0.25, 0.3) is 28.3 Å². The second-order valence-corrected chi connectivity index (χ2v) is 9.37. The molecule has 0 amide bonds. The number of nitriles is 1. The molecule has 5 aromatic rings. The molecule has 1 saturated heterocycles. The van der Waals surface area contributed by atoms with Crippen molar-refractivity contribution in [1.82, 2.24) is 34.4 Å². The van der Waals surface area contributed by atoms with E-state index in [2.05, 4.69) is 37.4 Å². The Morgan fingerprint density at radius 2 is 1.97 bits per heavy atom. The zero-order valence-corrected chi connectivity index (χ0v) is 20.6. The number of rotatable bonds is 7. The number of likely N-dealkylation sites (tertiary alicyclic amines) is 1. The van der Waals surface area contributed by atoms with E-state index >= 15 is 0 Å². The van der Waals surface area contributed by atoms with Crippen LogP contribution in [0.2, 0.25) is 0 Å². The van der Waals surface area contributed by atoms with Crippen LogP contribution in [-0.4, -0.2) is 47.5 Å². The van der Waals surface area contributed by atoms with Crippen LogP contribution in [0.4, 0.5) is 5.69 Å². The lowest BCUT2D eigenvalue weighted by Gasteiger charge is -2.18. The predicted molar refractivity (Wildman–Crippen MR) is 142 cm³/mol. The summed E-state index contributed by atoms with van der Waals surface area (Å²) >= 11 is 0. The molecule has 0 aliphatic carbocycles. The maximum Gasteiger partial charge on any atom is 0.155 e. The standard InChI is InChI=1S/C28H27N9/c1-19-5-4-6-23(33-19)28-27(22-9-10-26-31-18-32-37(26)17-22)34-25(35-28)15-30-24-13-20(14-29)7-8-21(24)16-36-11-2-3-12-36/h4-10,13,17-18,30H,2-3,11-12,15-16H2,1H3,(H,34,35). The highest BCUT2D eigenvalue weighted by Crippen LogP contribution is 2.30. The van der Waals surface area contributed by atoms with Crippen molar-refractivity contribution < 1.29 is 0 Å². The second kappa shape index (κ2) is 9.84. The molecule has 2 N–H and O–H groups in total. The van der Waals surface area contributed by atoms with Gasteiger partial charge in [0.15, 0.2) is 5.65 Å². The molecule has 9 nitrogen and oxygen atoms in total. The fourth-order valence-electron chi connectivity index (χ4n) is 4.85. The largest absolute Gasteiger partial charge is 0.378 e. The average Bonchev–Trinajstić information content (AvgIpc) is 3.68. The van der Waals surface area contributed by atoms with Gasteiger partial charge in [-0.15, -0.1) is 0 Å². The third-order valence-electron chi connectivity index (χ3n) is 6.72. The summed E-state index contributed by atoms with van der Waals surface area (Å²) in [5.41, 5.74) is 7.89. The monoisotopic (exact) mass is 489 g/mol. The number of pyridine rings is 2. The van der Waals surface area contributed by atoms with Crippen LogP contribution in [0, 0.1) is 18.3 Å². The van der Waals surface area contributed by atoms with E-state index in [1.165, 1.54) is 24.7 Å². The number of aryl methyl sites for hydroxylation is 1. The summed E-state index contributed by atoms with van der Waals surface area (Å²) in [6.07, 6.45) is 5.95. The van der Waals surface area contributed by atoms with Gasteiger partial charge in [-0.1, -0.05) is 12.1 Å². The highest BCUT2D eigenvalue weighted by atomic mass is 15.3. The van der Waals surface area contributed by atoms with E-state index < -0.39 is 0 Å². The quantitative estimate of drug-likeness (QED) is 0.344. The average molecular weight is 490 g/mol. The number of hydrogen-bond acceptors (Lipinski definition) is 7. The number of hydrogen-bond donors (Lipinski definition) is 2. The van der Waals surface area contributed by atoms with Crippen molar-refractivity contribution in [3.8, 4) is 28.7 Å². The SMILES string of the molecule is Cc1cccc(-c2[nH]c(CNc3cc(C#N)ccc3CN3CCCC3)nc2-c2ccc3ncnn3c2)n1. The van der Waals surface area contributed by atoms with E-state index in [1.807, 2.05) is 55.6 Å². The number of fused-ring (bicyclic) bond motifs is 1. The Bertz CT molecular complexity index is 1600. The third kappa shape index (κ3) is 4.79. The van der Waals surface area contributed by atoms with Crippen LogP contribution in [-0.2, 0) is 13.1 Å². The van der Waals surface area contributed by atoms with Crippen molar-refractivity contribution >= 4 is 11.3 Å². The number of aromatic nitrogens is 6. The van der Waals surface area contributed by atoms with Crippen LogP contribution in [0.1, 0.15) is 35.5 Å².